The first-order valence-corrected chi connectivity index (χ1v) is 7.95. The lowest BCUT2D eigenvalue weighted by molar-refractivity contribution is -0.132. The van der Waals surface area contributed by atoms with E-state index in [1.165, 1.54) is 0 Å². The van der Waals surface area contributed by atoms with Gasteiger partial charge in [0.15, 0.2) is 0 Å². The molecule has 1 heterocycles. The molecule has 1 unspecified atom stereocenters. The third-order valence-corrected chi connectivity index (χ3v) is 4.19. The number of rotatable bonds is 6. The van der Waals surface area contributed by atoms with Gasteiger partial charge in [0.2, 0.25) is 5.91 Å². The van der Waals surface area contributed by atoms with Gasteiger partial charge in [0, 0.05) is 30.6 Å². The van der Waals surface area contributed by atoms with Crippen molar-refractivity contribution in [2.24, 2.45) is 5.73 Å². The SMILES string of the molecule is NCC1CCCN1C(=O)CCCOc1ccc(Cl)cc1Cl. The fourth-order valence-corrected chi connectivity index (χ4v) is 3.01. The Hall–Kier alpha value is -0.970. The zero-order chi connectivity index (χ0) is 15.2. The number of hydrogen-bond acceptors (Lipinski definition) is 3. The van der Waals surface area contributed by atoms with Gasteiger partial charge in [0.05, 0.1) is 11.6 Å². The minimum absolute atomic E-state index is 0.161. The molecule has 1 aliphatic heterocycles. The maximum atomic E-state index is 12.1. The fraction of sp³-hybridized carbons (Fsp3) is 0.533. The highest BCUT2D eigenvalue weighted by Gasteiger charge is 2.26. The average Bonchev–Trinajstić information content (AvgIpc) is 2.93. The highest BCUT2D eigenvalue weighted by atomic mass is 35.5. The van der Waals surface area contributed by atoms with Crippen molar-refractivity contribution in [3.63, 3.8) is 0 Å². The molecule has 0 radical (unpaired) electrons. The van der Waals surface area contributed by atoms with Crippen LogP contribution in [0.5, 0.6) is 5.75 Å². The highest BCUT2D eigenvalue weighted by Crippen LogP contribution is 2.27. The van der Waals surface area contributed by atoms with E-state index in [0.717, 1.165) is 19.4 Å². The molecule has 0 spiro atoms. The van der Waals surface area contributed by atoms with Crippen LogP contribution in [-0.2, 0) is 4.79 Å². The van der Waals surface area contributed by atoms with Crippen molar-refractivity contribution in [1.82, 2.24) is 4.90 Å². The second-order valence-corrected chi connectivity index (χ2v) is 5.99. The molecule has 0 saturated carbocycles. The first-order chi connectivity index (χ1) is 10.1. The van der Waals surface area contributed by atoms with Crippen molar-refractivity contribution in [3.8, 4) is 5.75 Å². The predicted molar refractivity (Wildman–Crippen MR) is 85.0 cm³/mol. The van der Waals surface area contributed by atoms with Crippen LogP contribution in [-0.4, -0.2) is 36.5 Å². The van der Waals surface area contributed by atoms with E-state index >= 15 is 0 Å². The Kier molecular flexibility index (Phi) is 6.15. The monoisotopic (exact) mass is 330 g/mol. The Morgan fingerprint density at radius 1 is 1.43 bits per heavy atom. The number of amides is 1. The first kappa shape index (κ1) is 16.4. The van der Waals surface area contributed by atoms with Crippen molar-refractivity contribution in [3.05, 3.63) is 28.2 Å². The van der Waals surface area contributed by atoms with Crippen LogP contribution < -0.4 is 10.5 Å². The summed E-state index contributed by atoms with van der Waals surface area (Å²) in [6, 6.07) is 5.31. The van der Waals surface area contributed by atoms with Crippen LogP contribution in [0.3, 0.4) is 0 Å². The molecule has 1 saturated heterocycles. The Morgan fingerprint density at radius 3 is 2.95 bits per heavy atom. The molecule has 116 valence electrons. The van der Waals surface area contributed by atoms with Crippen molar-refractivity contribution >= 4 is 29.1 Å². The number of carbonyl (C=O) groups is 1. The summed E-state index contributed by atoms with van der Waals surface area (Å²) < 4.78 is 5.57. The number of ether oxygens (including phenoxy) is 1. The lowest BCUT2D eigenvalue weighted by Crippen LogP contribution is -2.39. The maximum Gasteiger partial charge on any atom is 0.222 e. The molecule has 6 heteroatoms. The number of hydrogen-bond donors (Lipinski definition) is 1. The van der Waals surface area contributed by atoms with Gasteiger partial charge in [-0.05, 0) is 37.5 Å². The van der Waals surface area contributed by atoms with E-state index in [2.05, 4.69) is 0 Å². The summed E-state index contributed by atoms with van der Waals surface area (Å²) in [5, 5.41) is 1.06. The van der Waals surface area contributed by atoms with Gasteiger partial charge in [0.1, 0.15) is 5.75 Å². The fourth-order valence-electron chi connectivity index (χ4n) is 2.55. The molecule has 1 atom stereocenters. The van der Waals surface area contributed by atoms with Crippen LogP contribution in [0.25, 0.3) is 0 Å². The summed E-state index contributed by atoms with van der Waals surface area (Å²) in [5.74, 6) is 0.753. The molecule has 1 aromatic rings. The van der Waals surface area contributed by atoms with Crippen molar-refractivity contribution in [1.29, 1.82) is 0 Å². The summed E-state index contributed by atoms with van der Waals surface area (Å²) in [6.45, 7) is 1.82. The van der Waals surface area contributed by atoms with Crippen molar-refractivity contribution in [2.45, 2.75) is 31.7 Å². The van der Waals surface area contributed by atoms with E-state index in [9.17, 15) is 4.79 Å². The molecule has 4 nitrogen and oxygen atoms in total. The van der Waals surface area contributed by atoms with Crippen LogP contribution in [0.1, 0.15) is 25.7 Å². The van der Waals surface area contributed by atoms with E-state index in [-0.39, 0.29) is 11.9 Å². The van der Waals surface area contributed by atoms with Crippen molar-refractivity contribution in [2.75, 3.05) is 19.7 Å². The lowest BCUT2D eigenvalue weighted by Gasteiger charge is -2.23. The first-order valence-electron chi connectivity index (χ1n) is 7.19. The number of likely N-dealkylation sites (tertiary alicyclic amines) is 1. The molecule has 2 rings (SSSR count). The third-order valence-electron chi connectivity index (χ3n) is 3.66. The smallest absolute Gasteiger partial charge is 0.222 e. The molecule has 1 amide bonds. The minimum Gasteiger partial charge on any atom is -0.492 e. The Labute approximate surface area is 135 Å². The average molecular weight is 331 g/mol. The van der Waals surface area contributed by atoms with Gasteiger partial charge in [-0.25, -0.2) is 0 Å². The third kappa shape index (κ3) is 4.50. The van der Waals surface area contributed by atoms with Crippen molar-refractivity contribution < 1.29 is 9.53 Å². The standard InChI is InChI=1S/C15H20Cl2N2O2/c16-11-5-6-14(13(17)9-11)21-8-2-4-15(20)19-7-1-3-12(19)10-18/h5-6,9,12H,1-4,7-8,10,18H2. The minimum atomic E-state index is 0.161. The quantitative estimate of drug-likeness (QED) is 0.815. The van der Waals surface area contributed by atoms with E-state index in [4.69, 9.17) is 33.7 Å². The van der Waals surface area contributed by atoms with Gasteiger partial charge < -0.3 is 15.4 Å². The van der Waals surface area contributed by atoms with Crippen LogP contribution in [0, 0.1) is 0 Å². The molecule has 0 bridgehead atoms. The zero-order valence-electron chi connectivity index (χ0n) is 11.9. The lowest BCUT2D eigenvalue weighted by atomic mass is 10.2. The molecule has 0 aliphatic carbocycles. The molecule has 1 aliphatic rings. The van der Waals surface area contributed by atoms with Gasteiger partial charge in [-0.2, -0.15) is 0 Å². The van der Waals surface area contributed by atoms with Gasteiger partial charge in [-0.15, -0.1) is 0 Å². The molecular formula is C15H20Cl2N2O2. The van der Waals surface area contributed by atoms with Gasteiger partial charge >= 0.3 is 0 Å². The summed E-state index contributed by atoms with van der Waals surface area (Å²) in [5.41, 5.74) is 5.68. The van der Waals surface area contributed by atoms with Crippen LogP contribution in [0.2, 0.25) is 10.0 Å². The maximum absolute atomic E-state index is 12.1. The van der Waals surface area contributed by atoms with Crippen LogP contribution in [0.4, 0.5) is 0 Å². The molecular weight excluding hydrogens is 311 g/mol. The Morgan fingerprint density at radius 2 is 2.24 bits per heavy atom. The van der Waals surface area contributed by atoms with E-state index in [1.54, 1.807) is 18.2 Å². The second-order valence-electron chi connectivity index (χ2n) is 5.15. The van der Waals surface area contributed by atoms with Crippen LogP contribution in [0.15, 0.2) is 18.2 Å². The number of nitrogens with zero attached hydrogens (tertiary/aromatic N) is 1. The molecule has 1 aromatic carbocycles. The summed E-state index contributed by atoms with van der Waals surface area (Å²) >= 11 is 11.8. The summed E-state index contributed by atoms with van der Waals surface area (Å²) in [4.78, 5) is 14.0. The second kappa shape index (κ2) is 7.87. The van der Waals surface area contributed by atoms with Gasteiger partial charge in [0.25, 0.3) is 0 Å². The molecule has 2 N–H and O–H groups in total. The van der Waals surface area contributed by atoms with Gasteiger partial charge in [-0.3, -0.25) is 4.79 Å². The Balaban J connectivity index is 1.73. The highest BCUT2D eigenvalue weighted by molar-refractivity contribution is 6.35. The Bertz CT molecular complexity index is 497. The summed E-state index contributed by atoms with van der Waals surface area (Å²) in [6.07, 6.45) is 3.19. The van der Waals surface area contributed by atoms with Crippen LogP contribution >= 0.6 is 23.2 Å². The van der Waals surface area contributed by atoms with Gasteiger partial charge in [-0.1, -0.05) is 23.2 Å². The number of benzene rings is 1. The predicted octanol–water partition coefficient (Wildman–Crippen LogP) is 3.10. The number of halogens is 2. The molecule has 0 aromatic heterocycles. The number of nitrogens with two attached hydrogens (primary N) is 1. The summed E-state index contributed by atoms with van der Waals surface area (Å²) in [7, 11) is 0. The topological polar surface area (TPSA) is 55.6 Å². The largest absolute Gasteiger partial charge is 0.492 e. The molecule has 1 fully saturated rings. The number of carbonyl (C=O) groups excluding carboxylic acids is 1. The van der Waals surface area contributed by atoms with E-state index in [1.807, 2.05) is 4.90 Å². The van der Waals surface area contributed by atoms with E-state index < -0.39 is 0 Å². The normalized spacial score (nSPS) is 18.0. The zero-order valence-corrected chi connectivity index (χ0v) is 13.4. The molecule has 21 heavy (non-hydrogen) atoms. The van der Waals surface area contributed by atoms with E-state index in [0.29, 0.717) is 41.8 Å².